The Morgan fingerprint density at radius 2 is 2.06 bits per heavy atom. The fourth-order valence-electron chi connectivity index (χ4n) is 1.56. The van der Waals surface area contributed by atoms with E-state index in [9.17, 15) is 4.79 Å². The Morgan fingerprint density at radius 1 is 1.39 bits per heavy atom. The van der Waals surface area contributed by atoms with Crippen LogP contribution < -0.4 is 11.1 Å². The van der Waals surface area contributed by atoms with Crippen LogP contribution in [0.25, 0.3) is 0 Å². The summed E-state index contributed by atoms with van der Waals surface area (Å²) in [5.74, 6) is 0.263. The predicted molar refractivity (Wildman–Crippen MR) is 71.6 cm³/mol. The van der Waals surface area contributed by atoms with Gasteiger partial charge < -0.3 is 16.2 Å². The summed E-state index contributed by atoms with van der Waals surface area (Å²) >= 11 is 0. The van der Waals surface area contributed by atoms with E-state index in [1.165, 1.54) is 0 Å². The fraction of sp³-hybridized carbons (Fsp3) is 0.500. The summed E-state index contributed by atoms with van der Waals surface area (Å²) < 4.78 is 0. The molecule has 4 nitrogen and oxygen atoms in total. The molecule has 0 fully saturated rings. The highest BCUT2D eigenvalue weighted by atomic mass is 16.3. The van der Waals surface area contributed by atoms with Crippen molar-refractivity contribution in [2.75, 3.05) is 0 Å². The van der Waals surface area contributed by atoms with Crippen molar-refractivity contribution in [1.29, 1.82) is 0 Å². The van der Waals surface area contributed by atoms with E-state index in [1.807, 2.05) is 38.1 Å². The van der Waals surface area contributed by atoms with Crippen molar-refractivity contribution in [2.45, 2.75) is 39.5 Å². The summed E-state index contributed by atoms with van der Waals surface area (Å²) in [6.07, 6.45) is 0.345. The van der Waals surface area contributed by atoms with Gasteiger partial charge in [0.2, 0.25) is 5.91 Å². The number of nitrogens with two attached hydrogens (primary N) is 1. The maximum atomic E-state index is 11.6. The highest BCUT2D eigenvalue weighted by Crippen LogP contribution is 2.06. The van der Waals surface area contributed by atoms with E-state index in [0.29, 0.717) is 18.9 Å². The zero-order chi connectivity index (χ0) is 13.5. The first-order valence-corrected chi connectivity index (χ1v) is 6.24. The number of carbonyl (C=O) groups excluding carboxylic acids is 1. The van der Waals surface area contributed by atoms with Crippen LogP contribution in [-0.4, -0.2) is 17.1 Å². The molecule has 4 N–H and O–H groups in total. The van der Waals surface area contributed by atoms with Gasteiger partial charge in [-0.1, -0.05) is 38.1 Å². The van der Waals surface area contributed by atoms with Crippen molar-refractivity contribution in [3.05, 3.63) is 35.4 Å². The summed E-state index contributed by atoms with van der Waals surface area (Å²) in [6.45, 7) is 4.49. The van der Waals surface area contributed by atoms with Crippen molar-refractivity contribution in [1.82, 2.24) is 5.32 Å². The fourth-order valence-corrected chi connectivity index (χ4v) is 1.56. The molecule has 0 bridgehead atoms. The lowest BCUT2D eigenvalue weighted by Crippen LogP contribution is -2.34. The average molecular weight is 250 g/mol. The van der Waals surface area contributed by atoms with Crippen LogP contribution in [0.15, 0.2) is 24.3 Å². The standard InChI is InChI=1S/C14H22N2O2/c1-10(2)13(15)7-14(18)16-8-11-4-3-5-12(6-11)9-17/h3-6,10,13,17H,7-9,15H2,1-2H3,(H,16,18). The van der Waals surface area contributed by atoms with Crippen molar-refractivity contribution in [3.63, 3.8) is 0 Å². The zero-order valence-electron chi connectivity index (χ0n) is 11.0. The van der Waals surface area contributed by atoms with Crippen LogP contribution in [-0.2, 0) is 17.9 Å². The van der Waals surface area contributed by atoms with Crippen LogP contribution in [0.4, 0.5) is 0 Å². The highest BCUT2D eigenvalue weighted by Gasteiger charge is 2.12. The van der Waals surface area contributed by atoms with Crippen LogP contribution >= 0.6 is 0 Å². The number of aliphatic hydroxyl groups excluding tert-OH is 1. The third-order valence-electron chi connectivity index (χ3n) is 2.94. The van der Waals surface area contributed by atoms with Gasteiger partial charge in [0.05, 0.1) is 6.61 Å². The molecule has 0 saturated carbocycles. The molecule has 100 valence electrons. The van der Waals surface area contributed by atoms with E-state index in [2.05, 4.69) is 5.32 Å². The molecule has 0 aromatic heterocycles. The zero-order valence-corrected chi connectivity index (χ0v) is 11.0. The molecule has 0 spiro atoms. The largest absolute Gasteiger partial charge is 0.392 e. The summed E-state index contributed by atoms with van der Waals surface area (Å²) in [5, 5.41) is 11.9. The second-order valence-electron chi connectivity index (χ2n) is 4.87. The number of aliphatic hydroxyl groups is 1. The normalized spacial score (nSPS) is 12.5. The van der Waals surface area contributed by atoms with E-state index in [-0.39, 0.29) is 18.6 Å². The number of carbonyl (C=O) groups is 1. The molecule has 0 saturated heterocycles. The summed E-state index contributed by atoms with van der Waals surface area (Å²) in [6, 6.07) is 7.41. The highest BCUT2D eigenvalue weighted by molar-refractivity contribution is 5.76. The maximum Gasteiger partial charge on any atom is 0.221 e. The lowest BCUT2D eigenvalue weighted by Gasteiger charge is -2.15. The number of rotatable bonds is 6. The van der Waals surface area contributed by atoms with Gasteiger partial charge in [-0.25, -0.2) is 0 Å². The Hall–Kier alpha value is -1.39. The molecule has 1 aromatic carbocycles. The Bertz CT molecular complexity index is 391. The van der Waals surface area contributed by atoms with Gasteiger partial charge in [-0.15, -0.1) is 0 Å². The van der Waals surface area contributed by atoms with Crippen molar-refractivity contribution >= 4 is 5.91 Å². The van der Waals surface area contributed by atoms with Gasteiger partial charge in [0.1, 0.15) is 0 Å². The number of benzene rings is 1. The third-order valence-corrected chi connectivity index (χ3v) is 2.94. The molecule has 1 atom stereocenters. The molecular formula is C14H22N2O2. The first-order chi connectivity index (χ1) is 8.52. The van der Waals surface area contributed by atoms with Crippen molar-refractivity contribution in [3.8, 4) is 0 Å². The van der Waals surface area contributed by atoms with Gasteiger partial charge in [-0.2, -0.15) is 0 Å². The minimum absolute atomic E-state index is 0.0139. The van der Waals surface area contributed by atoms with Gasteiger partial charge in [-0.3, -0.25) is 4.79 Å². The molecule has 18 heavy (non-hydrogen) atoms. The monoisotopic (exact) mass is 250 g/mol. The minimum atomic E-state index is -0.103. The van der Waals surface area contributed by atoms with E-state index in [1.54, 1.807) is 0 Å². The molecule has 0 aliphatic carbocycles. The molecule has 1 unspecified atom stereocenters. The first-order valence-electron chi connectivity index (χ1n) is 6.24. The number of amides is 1. The lowest BCUT2D eigenvalue weighted by atomic mass is 10.0. The molecule has 1 rings (SSSR count). The molecule has 1 amide bonds. The third kappa shape index (κ3) is 4.85. The van der Waals surface area contributed by atoms with E-state index >= 15 is 0 Å². The van der Waals surface area contributed by atoms with Crippen LogP contribution in [0.3, 0.4) is 0 Å². The molecule has 0 aliphatic heterocycles. The second-order valence-corrected chi connectivity index (χ2v) is 4.87. The van der Waals surface area contributed by atoms with Gasteiger partial charge in [-0.05, 0) is 17.0 Å². The molecule has 0 heterocycles. The topological polar surface area (TPSA) is 75.4 Å². The van der Waals surface area contributed by atoms with Crippen LogP contribution in [0.1, 0.15) is 31.4 Å². The van der Waals surface area contributed by atoms with E-state index < -0.39 is 0 Å². The van der Waals surface area contributed by atoms with Crippen LogP contribution in [0.2, 0.25) is 0 Å². The number of hydrogen-bond donors (Lipinski definition) is 3. The lowest BCUT2D eigenvalue weighted by molar-refractivity contribution is -0.121. The van der Waals surface area contributed by atoms with E-state index in [4.69, 9.17) is 10.8 Å². The maximum absolute atomic E-state index is 11.6. The smallest absolute Gasteiger partial charge is 0.221 e. The summed E-state index contributed by atoms with van der Waals surface area (Å²) in [5.41, 5.74) is 7.67. The second kappa shape index (κ2) is 7.13. The number of hydrogen-bond acceptors (Lipinski definition) is 3. The SMILES string of the molecule is CC(C)C(N)CC(=O)NCc1cccc(CO)c1. The molecular weight excluding hydrogens is 228 g/mol. The first kappa shape index (κ1) is 14.7. The Labute approximate surface area is 108 Å². The van der Waals surface area contributed by atoms with Crippen molar-refractivity contribution < 1.29 is 9.90 Å². The van der Waals surface area contributed by atoms with Crippen LogP contribution in [0, 0.1) is 5.92 Å². The number of nitrogens with one attached hydrogen (secondary N) is 1. The van der Waals surface area contributed by atoms with Gasteiger partial charge in [0.25, 0.3) is 0 Å². The molecule has 4 heteroatoms. The van der Waals surface area contributed by atoms with E-state index in [0.717, 1.165) is 11.1 Å². The summed E-state index contributed by atoms with van der Waals surface area (Å²) in [4.78, 5) is 11.6. The van der Waals surface area contributed by atoms with Crippen molar-refractivity contribution in [2.24, 2.45) is 11.7 Å². The molecule has 0 radical (unpaired) electrons. The van der Waals surface area contributed by atoms with Crippen LogP contribution in [0.5, 0.6) is 0 Å². The van der Waals surface area contributed by atoms with Gasteiger partial charge in [0, 0.05) is 19.0 Å². The quantitative estimate of drug-likeness (QED) is 0.709. The minimum Gasteiger partial charge on any atom is -0.392 e. The summed E-state index contributed by atoms with van der Waals surface area (Å²) in [7, 11) is 0. The average Bonchev–Trinajstić information content (AvgIpc) is 2.36. The molecule has 1 aromatic rings. The Morgan fingerprint density at radius 3 is 2.67 bits per heavy atom. The Balaban J connectivity index is 2.42. The molecule has 0 aliphatic rings. The predicted octanol–water partition coefficient (Wildman–Crippen LogP) is 1.17. The Kier molecular flexibility index (Phi) is 5.82. The van der Waals surface area contributed by atoms with Gasteiger partial charge in [0.15, 0.2) is 0 Å². The van der Waals surface area contributed by atoms with Gasteiger partial charge >= 0.3 is 0 Å².